The molecule has 7 heteroatoms. The molecule has 0 aliphatic heterocycles. The molecule has 1 unspecified atom stereocenters. The summed E-state index contributed by atoms with van der Waals surface area (Å²) in [7, 11) is 0. The van der Waals surface area contributed by atoms with E-state index in [1.54, 1.807) is 30.3 Å². The maximum atomic E-state index is 12.3. The van der Waals surface area contributed by atoms with Crippen LogP contribution < -0.4 is 5.32 Å². The third-order valence-electron chi connectivity index (χ3n) is 4.96. The number of nitrogens with zero attached hydrogens (tertiary/aromatic N) is 2. The number of esters is 1. The lowest BCUT2D eigenvalue weighted by atomic mass is 10.1. The molecule has 0 bridgehead atoms. The van der Waals surface area contributed by atoms with Gasteiger partial charge < -0.3 is 10.1 Å². The van der Waals surface area contributed by atoms with Gasteiger partial charge in [-0.2, -0.15) is 5.10 Å². The molecule has 2 aromatic carbocycles. The molecule has 1 aromatic heterocycles. The van der Waals surface area contributed by atoms with Gasteiger partial charge in [-0.25, -0.2) is 9.48 Å². The SMILES string of the molecule is CC(=O)c1ccc(NC(=O)C(C)OC(=O)/C=C/c2c(C)nn(-c3ccccc3)c2C)cc1. The van der Waals surface area contributed by atoms with Gasteiger partial charge in [0.1, 0.15) is 0 Å². The van der Waals surface area contributed by atoms with Gasteiger partial charge >= 0.3 is 5.97 Å². The van der Waals surface area contributed by atoms with Crippen molar-refractivity contribution in [2.24, 2.45) is 0 Å². The predicted molar refractivity (Wildman–Crippen MR) is 123 cm³/mol. The van der Waals surface area contributed by atoms with Crippen molar-refractivity contribution in [1.82, 2.24) is 9.78 Å². The summed E-state index contributed by atoms with van der Waals surface area (Å²) in [4.78, 5) is 35.9. The number of ketones is 1. The minimum Gasteiger partial charge on any atom is -0.449 e. The molecule has 164 valence electrons. The summed E-state index contributed by atoms with van der Waals surface area (Å²) in [6.07, 6.45) is 1.94. The van der Waals surface area contributed by atoms with Crippen LogP contribution in [0.1, 0.15) is 41.2 Å². The molecule has 1 amide bonds. The Bertz CT molecular complexity index is 1160. The normalized spacial score (nSPS) is 11.9. The number of Topliss-reactive ketones (excluding diaryl/α,β-unsaturated/α-hetero) is 1. The molecule has 1 N–H and O–H groups in total. The predicted octanol–water partition coefficient (Wildman–Crippen LogP) is 4.28. The van der Waals surface area contributed by atoms with E-state index >= 15 is 0 Å². The number of hydrogen-bond acceptors (Lipinski definition) is 5. The van der Waals surface area contributed by atoms with E-state index in [1.807, 2.05) is 48.9 Å². The maximum Gasteiger partial charge on any atom is 0.331 e. The molecule has 1 heterocycles. The number of carbonyl (C=O) groups excluding carboxylic acids is 3. The largest absolute Gasteiger partial charge is 0.449 e. The summed E-state index contributed by atoms with van der Waals surface area (Å²) < 4.78 is 7.03. The molecular formula is C25H25N3O4. The Kier molecular flexibility index (Phi) is 7.00. The van der Waals surface area contributed by atoms with Crippen LogP contribution in [-0.4, -0.2) is 33.5 Å². The van der Waals surface area contributed by atoms with Crippen molar-refractivity contribution in [2.75, 3.05) is 5.32 Å². The first-order valence-electron chi connectivity index (χ1n) is 10.2. The molecule has 7 nitrogen and oxygen atoms in total. The average Bonchev–Trinajstić information content (AvgIpc) is 3.06. The van der Waals surface area contributed by atoms with Crippen molar-refractivity contribution in [2.45, 2.75) is 33.8 Å². The molecule has 1 atom stereocenters. The van der Waals surface area contributed by atoms with Crippen molar-refractivity contribution in [1.29, 1.82) is 0 Å². The highest BCUT2D eigenvalue weighted by Crippen LogP contribution is 2.19. The number of para-hydroxylation sites is 1. The van der Waals surface area contributed by atoms with Gasteiger partial charge in [-0.1, -0.05) is 18.2 Å². The number of hydrogen-bond donors (Lipinski definition) is 1. The van der Waals surface area contributed by atoms with E-state index in [0.29, 0.717) is 11.3 Å². The van der Waals surface area contributed by atoms with Crippen molar-refractivity contribution >= 4 is 29.4 Å². The van der Waals surface area contributed by atoms with Crippen molar-refractivity contribution < 1.29 is 19.1 Å². The molecule has 0 saturated carbocycles. The standard InChI is InChI=1S/C25H25N3O4/c1-16-23(17(2)28(27-16)22-8-6-5-7-9-22)14-15-24(30)32-19(4)25(31)26-21-12-10-20(11-13-21)18(3)29/h5-15,19H,1-4H3,(H,26,31)/b15-14+. The molecular weight excluding hydrogens is 406 g/mol. The molecule has 3 aromatic rings. The van der Waals surface area contributed by atoms with Crippen LogP contribution in [0.5, 0.6) is 0 Å². The number of carbonyl (C=O) groups is 3. The van der Waals surface area contributed by atoms with Gasteiger partial charge in [-0.15, -0.1) is 0 Å². The van der Waals surface area contributed by atoms with E-state index in [1.165, 1.54) is 19.9 Å². The van der Waals surface area contributed by atoms with Crippen LogP contribution in [0.25, 0.3) is 11.8 Å². The monoisotopic (exact) mass is 431 g/mol. The molecule has 3 rings (SSSR count). The molecule has 0 aliphatic carbocycles. The minimum absolute atomic E-state index is 0.0586. The van der Waals surface area contributed by atoms with Gasteiger partial charge in [-0.05, 0) is 70.2 Å². The Morgan fingerprint density at radius 3 is 2.31 bits per heavy atom. The number of amides is 1. The molecule has 0 saturated heterocycles. The fraction of sp³-hybridized carbons (Fsp3) is 0.200. The topological polar surface area (TPSA) is 90.3 Å². The van der Waals surface area contributed by atoms with Crippen molar-refractivity contribution in [3.05, 3.63) is 83.2 Å². The number of aryl methyl sites for hydroxylation is 1. The highest BCUT2D eigenvalue weighted by atomic mass is 16.5. The summed E-state index contributed by atoms with van der Waals surface area (Å²) in [6, 6.07) is 16.2. The lowest BCUT2D eigenvalue weighted by Gasteiger charge is -2.12. The fourth-order valence-electron chi connectivity index (χ4n) is 3.17. The highest BCUT2D eigenvalue weighted by molar-refractivity contribution is 5.98. The first-order chi connectivity index (χ1) is 15.3. The summed E-state index contributed by atoms with van der Waals surface area (Å²) in [5.41, 5.74) is 4.46. The number of ether oxygens (including phenoxy) is 1. The minimum atomic E-state index is -0.992. The Morgan fingerprint density at radius 2 is 1.69 bits per heavy atom. The number of anilines is 1. The van der Waals surface area contributed by atoms with E-state index in [4.69, 9.17) is 4.74 Å². The van der Waals surface area contributed by atoms with Gasteiger partial charge in [0, 0.05) is 28.6 Å². The molecule has 0 spiro atoms. The van der Waals surface area contributed by atoms with Crippen LogP contribution >= 0.6 is 0 Å². The number of aromatic nitrogens is 2. The summed E-state index contributed by atoms with van der Waals surface area (Å²) in [5.74, 6) is -1.16. The van der Waals surface area contributed by atoms with Crippen LogP contribution in [0, 0.1) is 13.8 Å². The third-order valence-corrected chi connectivity index (χ3v) is 4.96. The summed E-state index contributed by atoms with van der Waals surface area (Å²) in [5, 5.41) is 7.20. The Balaban J connectivity index is 1.62. The van der Waals surface area contributed by atoms with E-state index in [2.05, 4.69) is 10.4 Å². The third kappa shape index (κ3) is 5.37. The van der Waals surface area contributed by atoms with Gasteiger partial charge in [0.2, 0.25) is 0 Å². The van der Waals surface area contributed by atoms with E-state index in [-0.39, 0.29) is 5.78 Å². The number of benzene rings is 2. The molecule has 0 radical (unpaired) electrons. The lowest BCUT2D eigenvalue weighted by molar-refractivity contribution is -0.148. The zero-order valence-electron chi connectivity index (χ0n) is 18.5. The molecule has 0 aliphatic rings. The number of nitrogens with one attached hydrogen (secondary N) is 1. The average molecular weight is 431 g/mol. The highest BCUT2D eigenvalue weighted by Gasteiger charge is 2.17. The smallest absolute Gasteiger partial charge is 0.331 e. The first kappa shape index (κ1) is 22.7. The van der Waals surface area contributed by atoms with Gasteiger partial charge in [0.05, 0.1) is 11.4 Å². The van der Waals surface area contributed by atoms with Crippen LogP contribution in [0.4, 0.5) is 5.69 Å². The van der Waals surface area contributed by atoms with Crippen molar-refractivity contribution in [3.8, 4) is 5.69 Å². The van der Waals surface area contributed by atoms with Crippen molar-refractivity contribution in [3.63, 3.8) is 0 Å². The Morgan fingerprint density at radius 1 is 1.03 bits per heavy atom. The zero-order chi connectivity index (χ0) is 23.3. The second kappa shape index (κ2) is 9.87. The summed E-state index contributed by atoms with van der Waals surface area (Å²) >= 11 is 0. The van der Waals surface area contributed by atoms with Crippen LogP contribution in [0.3, 0.4) is 0 Å². The Hall–Kier alpha value is -4.00. The lowest BCUT2D eigenvalue weighted by Crippen LogP contribution is -2.29. The fourth-order valence-corrected chi connectivity index (χ4v) is 3.17. The van der Waals surface area contributed by atoms with E-state index < -0.39 is 18.0 Å². The van der Waals surface area contributed by atoms with Crippen LogP contribution in [-0.2, 0) is 14.3 Å². The van der Waals surface area contributed by atoms with Crippen LogP contribution in [0.2, 0.25) is 0 Å². The van der Waals surface area contributed by atoms with Gasteiger partial charge in [-0.3, -0.25) is 9.59 Å². The number of rotatable bonds is 7. The molecule has 32 heavy (non-hydrogen) atoms. The second-order valence-electron chi connectivity index (χ2n) is 7.37. The van der Waals surface area contributed by atoms with E-state index in [9.17, 15) is 14.4 Å². The van der Waals surface area contributed by atoms with Gasteiger partial charge in [0.15, 0.2) is 11.9 Å². The van der Waals surface area contributed by atoms with Crippen LogP contribution in [0.15, 0.2) is 60.7 Å². The zero-order valence-corrected chi connectivity index (χ0v) is 18.5. The van der Waals surface area contributed by atoms with Gasteiger partial charge in [0.25, 0.3) is 5.91 Å². The second-order valence-corrected chi connectivity index (χ2v) is 7.37. The van der Waals surface area contributed by atoms with E-state index in [0.717, 1.165) is 22.6 Å². The quantitative estimate of drug-likeness (QED) is 0.343. The molecule has 0 fully saturated rings. The summed E-state index contributed by atoms with van der Waals surface area (Å²) in [6.45, 7) is 6.75. The maximum absolute atomic E-state index is 12.3. The first-order valence-corrected chi connectivity index (χ1v) is 10.2. The Labute approximate surface area is 186 Å².